The van der Waals surface area contributed by atoms with E-state index in [9.17, 15) is 10.1 Å². The zero-order valence-electron chi connectivity index (χ0n) is 19.2. The summed E-state index contributed by atoms with van der Waals surface area (Å²) in [5.74, 6) is 0.644. The Morgan fingerprint density at radius 1 is 1.24 bits per heavy atom. The summed E-state index contributed by atoms with van der Waals surface area (Å²) in [6, 6.07) is 18.5. The maximum Gasteiger partial charge on any atom is 0.267 e. The number of nitrogens with two attached hydrogens (primary N) is 1. The molecule has 0 amide bonds. The molecule has 2 heterocycles. The van der Waals surface area contributed by atoms with Gasteiger partial charge in [-0.3, -0.25) is 9.36 Å². The minimum Gasteiger partial charge on any atom is -0.384 e. The number of nitrogens with zero attached hydrogens (tertiary/aromatic N) is 4. The highest BCUT2D eigenvalue weighted by molar-refractivity contribution is 6.35. The number of halogens is 1. The third-order valence-electron chi connectivity index (χ3n) is 6.43. The first-order chi connectivity index (χ1) is 16.3. The minimum absolute atomic E-state index is 0.229. The number of hydrogen-bond acceptors (Lipinski definition) is 6. The van der Waals surface area contributed by atoms with Gasteiger partial charge in [0.05, 0.1) is 32.9 Å². The first kappa shape index (κ1) is 23.3. The van der Waals surface area contributed by atoms with Crippen LogP contribution < -0.4 is 16.6 Å². The SMILES string of the molecule is CCC(C)(Nc1cc(N)ncc1C#N)C(C)c1nc2cccc(Cl)c2c(=O)n1-c1ccccc1. The number of fused-ring (bicyclic) bond motifs is 1. The molecule has 0 aliphatic rings. The lowest BCUT2D eigenvalue weighted by atomic mass is 9.83. The number of hydrogen-bond donors (Lipinski definition) is 2. The first-order valence-corrected chi connectivity index (χ1v) is 11.4. The Bertz CT molecular complexity index is 1460. The van der Waals surface area contributed by atoms with Gasteiger partial charge in [-0.05, 0) is 37.6 Å². The lowest BCUT2D eigenvalue weighted by molar-refractivity contribution is 0.399. The largest absolute Gasteiger partial charge is 0.384 e. The van der Waals surface area contributed by atoms with Crippen LogP contribution in [0.25, 0.3) is 16.6 Å². The highest BCUT2D eigenvalue weighted by atomic mass is 35.5. The molecule has 4 aromatic rings. The summed E-state index contributed by atoms with van der Waals surface area (Å²) in [5.41, 5.74) is 7.30. The molecule has 0 aliphatic carbocycles. The summed E-state index contributed by atoms with van der Waals surface area (Å²) in [6.07, 6.45) is 2.13. The number of anilines is 2. The molecule has 0 saturated carbocycles. The number of nitriles is 1. The quantitative estimate of drug-likeness (QED) is 0.395. The zero-order chi connectivity index (χ0) is 24.5. The van der Waals surface area contributed by atoms with Crippen LogP contribution in [0.1, 0.15) is 44.5 Å². The highest BCUT2D eigenvalue weighted by Crippen LogP contribution is 2.35. The van der Waals surface area contributed by atoms with Crippen molar-refractivity contribution in [2.24, 2.45) is 0 Å². The third kappa shape index (κ3) is 4.09. The van der Waals surface area contributed by atoms with Gasteiger partial charge in [-0.25, -0.2) is 9.97 Å². The maximum absolute atomic E-state index is 13.7. The number of nitrogens with one attached hydrogen (secondary N) is 1. The Kier molecular flexibility index (Phi) is 6.27. The van der Waals surface area contributed by atoms with Crippen LogP contribution in [0.5, 0.6) is 0 Å². The molecular formula is C26H25ClN6O. The molecule has 4 rings (SSSR count). The number of nitrogen functional groups attached to an aromatic ring is 1. The average molecular weight is 473 g/mol. The monoisotopic (exact) mass is 472 g/mol. The summed E-state index contributed by atoms with van der Waals surface area (Å²) in [5, 5.41) is 13.8. The smallest absolute Gasteiger partial charge is 0.267 e. The molecule has 3 N–H and O–H groups in total. The fourth-order valence-corrected chi connectivity index (χ4v) is 4.33. The highest BCUT2D eigenvalue weighted by Gasteiger charge is 2.35. The molecule has 2 atom stereocenters. The van der Waals surface area contributed by atoms with E-state index in [0.717, 1.165) is 0 Å². The van der Waals surface area contributed by atoms with Crippen molar-refractivity contribution in [3.05, 3.63) is 87.6 Å². The van der Waals surface area contributed by atoms with Crippen molar-refractivity contribution in [1.82, 2.24) is 14.5 Å². The van der Waals surface area contributed by atoms with Crippen LogP contribution in [-0.2, 0) is 0 Å². The van der Waals surface area contributed by atoms with E-state index in [2.05, 4.69) is 16.4 Å². The van der Waals surface area contributed by atoms with Crippen molar-refractivity contribution >= 4 is 34.0 Å². The van der Waals surface area contributed by atoms with Gasteiger partial charge in [0.25, 0.3) is 5.56 Å². The Morgan fingerprint density at radius 3 is 2.65 bits per heavy atom. The first-order valence-electron chi connectivity index (χ1n) is 11.0. The number of rotatable bonds is 6. The summed E-state index contributed by atoms with van der Waals surface area (Å²) < 4.78 is 1.63. The van der Waals surface area contributed by atoms with Gasteiger partial charge < -0.3 is 11.1 Å². The van der Waals surface area contributed by atoms with Crippen molar-refractivity contribution in [1.29, 1.82) is 5.26 Å². The Hall–Kier alpha value is -3.89. The van der Waals surface area contributed by atoms with Crippen molar-refractivity contribution < 1.29 is 0 Å². The fraction of sp³-hybridized carbons (Fsp3) is 0.231. The van der Waals surface area contributed by atoms with E-state index in [1.54, 1.807) is 28.8 Å². The van der Waals surface area contributed by atoms with E-state index >= 15 is 0 Å². The van der Waals surface area contributed by atoms with Gasteiger partial charge in [0.1, 0.15) is 17.7 Å². The second kappa shape index (κ2) is 9.16. The average Bonchev–Trinajstić information content (AvgIpc) is 2.84. The molecule has 2 aromatic carbocycles. The van der Waals surface area contributed by atoms with Crippen molar-refractivity contribution in [2.75, 3.05) is 11.1 Å². The number of pyridine rings is 1. The summed E-state index contributed by atoms with van der Waals surface area (Å²) in [7, 11) is 0. The third-order valence-corrected chi connectivity index (χ3v) is 6.75. The molecule has 2 unspecified atom stereocenters. The van der Waals surface area contributed by atoms with E-state index in [-0.39, 0.29) is 11.5 Å². The predicted molar refractivity (Wildman–Crippen MR) is 136 cm³/mol. The Balaban J connectivity index is 1.94. The van der Waals surface area contributed by atoms with Crippen LogP contribution >= 0.6 is 11.6 Å². The van der Waals surface area contributed by atoms with Crippen molar-refractivity contribution in [3.63, 3.8) is 0 Å². The molecule has 0 radical (unpaired) electrons. The zero-order valence-corrected chi connectivity index (χ0v) is 20.0. The van der Waals surface area contributed by atoms with E-state index in [4.69, 9.17) is 22.3 Å². The van der Waals surface area contributed by atoms with E-state index < -0.39 is 5.54 Å². The number of benzene rings is 2. The van der Waals surface area contributed by atoms with E-state index in [0.29, 0.717) is 50.9 Å². The molecule has 172 valence electrons. The van der Waals surface area contributed by atoms with Gasteiger partial charge in [-0.2, -0.15) is 5.26 Å². The molecule has 8 heteroatoms. The van der Waals surface area contributed by atoms with Crippen LogP contribution in [0, 0.1) is 11.3 Å². The molecule has 34 heavy (non-hydrogen) atoms. The molecule has 2 aromatic heterocycles. The van der Waals surface area contributed by atoms with Gasteiger partial charge in [0.2, 0.25) is 0 Å². The molecular weight excluding hydrogens is 448 g/mol. The second-order valence-corrected chi connectivity index (χ2v) is 8.87. The van der Waals surface area contributed by atoms with Crippen LogP contribution in [0.4, 0.5) is 11.5 Å². The Labute approximate surface area is 202 Å². The normalized spacial score (nSPS) is 13.7. The number of para-hydroxylation sites is 1. The summed E-state index contributed by atoms with van der Waals surface area (Å²) in [4.78, 5) is 22.7. The summed E-state index contributed by atoms with van der Waals surface area (Å²) >= 11 is 6.41. The molecule has 0 saturated heterocycles. The maximum atomic E-state index is 13.7. The lowest BCUT2D eigenvalue weighted by Crippen LogP contribution is -2.42. The van der Waals surface area contributed by atoms with Gasteiger partial charge in [0, 0.05) is 23.7 Å². The van der Waals surface area contributed by atoms with Gasteiger partial charge in [-0.1, -0.05) is 49.7 Å². The molecule has 7 nitrogen and oxygen atoms in total. The second-order valence-electron chi connectivity index (χ2n) is 8.46. The Morgan fingerprint density at radius 2 is 1.97 bits per heavy atom. The van der Waals surface area contributed by atoms with Gasteiger partial charge in [0.15, 0.2) is 0 Å². The van der Waals surface area contributed by atoms with Crippen molar-refractivity contribution in [3.8, 4) is 11.8 Å². The number of aromatic nitrogens is 3. The topological polar surface area (TPSA) is 110 Å². The van der Waals surface area contributed by atoms with Crippen LogP contribution in [-0.4, -0.2) is 20.1 Å². The molecule has 0 spiro atoms. The lowest BCUT2D eigenvalue weighted by Gasteiger charge is -2.37. The van der Waals surface area contributed by atoms with Gasteiger partial charge in [-0.15, -0.1) is 0 Å². The summed E-state index contributed by atoms with van der Waals surface area (Å²) in [6.45, 7) is 6.10. The predicted octanol–water partition coefficient (Wildman–Crippen LogP) is 5.27. The van der Waals surface area contributed by atoms with Crippen LogP contribution in [0.15, 0.2) is 65.6 Å². The van der Waals surface area contributed by atoms with E-state index in [1.165, 1.54) is 6.20 Å². The van der Waals surface area contributed by atoms with Crippen molar-refractivity contribution in [2.45, 2.75) is 38.6 Å². The minimum atomic E-state index is -0.582. The standard InChI is InChI=1S/C26H25ClN6O/c1-4-26(3,32-21-13-22(29)30-15-17(21)14-28)16(2)24-31-20-12-8-11-19(27)23(20)25(34)33(24)18-9-6-5-7-10-18/h5-13,15-16H,4H2,1-3H3,(H3,29,30,32). The fourth-order valence-electron chi connectivity index (χ4n) is 4.08. The molecule has 0 aliphatic heterocycles. The van der Waals surface area contributed by atoms with Crippen LogP contribution in [0.2, 0.25) is 5.02 Å². The van der Waals surface area contributed by atoms with Crippen LogP contribution in [0.3, 0.4) is 0 Å². The van der Waals surface area contributed by atoms with Gasteiger partial charge >= 0.3 is 0 Å². The molecule has 0 fully saturated rings. The molecule has 0 bridgehead atoms. The van der Waals surface area contributed by atoms with E-state index in [1.807, 2.05) is 51.1 Å².